The number of piperidine rings is 1. The van der Waals surface area contributed by atoms with Crippen LogP contribution in [0.15, 0.2) is 66.7 Å². The van der Waals surface area contributed by atoms with Crippen molar-refractivity contribution in [2.75, 3.05) is 57.3 Å². The molecule has 0 aromatic heterocycles. The van der Waals surface area contributed by atoms with Crippen molar-refractivity contribution in [1.82, 2.24) is 9.80 Å². The van der Waals surface area contributed by atoms with E-state index < -0.39 is 0 Å². The van der Waals surface area contributed by atoms with Gasteiger partial charge in [-0.25, -0.2) is 0 Å². The first-order chi connectivity index (χ1) is 17.2. The van der Waals surface area contributed by atoms with Gasteiger partial charge in [-0.1, -0.05) is 43.3 Å². The van der Waals surface area contributed by atoms with E-state index in [9.17, 15) is 4.79 Å². The second-order valence-corrected chi connectivity index (χ2v) is 10.0. The highest BCUT2D eigenvalue weighted by atomic mass is 16.5. The fourth-order valence-electron chi connectivity index (χ4n) is 5.27. The lowest BCUT2D eigenvalue weighted by atomic mass is 9.99. The second kappa shape index (κ2) is 11.1. The zero-order chi connectivity index (χ0) is 24.0. The smallest absolute Gasteiger partial charge is 0.254 e. The average molecular weight is 472 g/mol. The highest BCUT2D eigenvalue weighted by Gasteiger charge is 2.23. The zero-order valence-corrected chi connectivity index (χ0v) is 20.9. The van der Waals surface area contributed by atoms with Crippen LogP contribution in [0.25, 0.3) is 10.8 Å². The number of nitrogens with zero attached hydrogens (tertiary/aromatic N) is 3. The largest absolute Gasteiger partial charge is 0.494 e. The summed E-state index contributed by atoms with van der Waals surface area (Å²) in [6, 6.07) is 22.5. The Kier molecular flexibility index (Phi) is 7.53. The van der Waals surface area contributed by atoms with E-state index in [4.69, 9.17) is 4.74 Å². The predicted molar refractivity (Wildman–Crippen MR) is 143 cm³/mol. The van der Waals surface area contributed by atoms with Gasteiger partial charge >= 0.3 is 0 Å². The number of piperazine rings is 1. The molecule has 0 aliphatic carbocycles. The summed E-state index contributed by atoms with van der Waals surface area (Å²) in [5.74, 6) is 1.95. The quantitative estimate of drug-likeness (QED) is 0.438. The van der Waals surface area contributed by atoms with Crippen molar-refractivity contribution < 1.29 is 9.53 Å². The van der Waals surface area contributed by atoms with Crippen LogP contribution in [0.5, 0.6) is 5.75 Å². The van der Waals surface area contributed by atoms with Crippen LogP contribution in [0.4, 0.5) is 5.69 Å². The molecule has 5 rings (SSSR count). The molecule has 0 atom stereocenters. The molecule has 0 unspecified atom stereocenters. The predicted octanol–water partition coefficient (Wildman–Crippen LogP) is 5.30. The number of likely N-dealkylation sites (tertiary alicyclic amines) is 1. The van der Waals surface area contributed by atoms with E-state index in [1.165, 1.54) is 31.6 Å². The number of amides is 1. The van der Waals surface area contributed by atoms with Crippen LogP contribution in [0.3, 0.4) is 0 Å². The normalized spacial score (nSPS) is 17.6. The number of rotatable bonds is 7. The van der Waals surface area contributed by atoms with Crippen molar-refractivity contribution in [1.29, 1.82) is 0 Å². The molecule has 3 aromatic carbocycles. The first kappa shape index (κ1) is 23.7. The fourth-order valence-corrected chi connectivity index (χ4v) is 5.27. The number of benzene rings is 3. The van der Waals surface area contributed by atoms with Crippen LogP contribution < -0.4 is 9.64 Å². The molecule has 0 radical (unpaired) electrons. The fraction of sp³-hybridized carbons (Fsp3) is 0.433. The summed E-state index contributed by atoms with van der Waals surface area (Å²) in [6.45, 7) is 9.86. The molecule has 0 saturated carbocycles. The maximum absolute atomic E-state index is 13.2. The maximum Gasteiger partial charge on any atom is 0.254 e. The molecule has 184 valence electrons. The number of anilines is 1. The van der Waals surface area contributed by atoms with Gasteiger partial charge in [0.1, 0.15) is 5.75 Å². The van der Waals surface area contributed by atoms with E-state index in [0.717, 1.165) is 73.8 Å². The summed E-state index contributed by atoms with van der Waals surface area (Å²) in [5.41, 5.74) is 1.99. The summed E-state index contributed by atoms with van der Waals surface area (Å²) < 4.78 is 6.00. The standard InChI is InChI=1S/C30H37N3O2/c1-24-14-17-31(18-15-24)16-5-23-35-27-12-10-26(11-13-27)32-19-21-33(22-20-32)30(34)29-9-4-7-25-6-2-3-8-28(25)29/h2-4,6-13,24H,5,14-23H2,1H3. The van der Waals surface area contributed by atoms with Crippen LogP contribution in [-0.2, 0) is 0 Å². The molecule has 0 N–H and O–H groups in total. The molecule has 2 aliphatic heterocycles. The monoisotopic (exact) mass is 471 g/mol. The molecule has 1 amide bonds. The van der Waals surface area contributed by atoms with Crippen LogP contribution >= 0.6 is 0 Å². The average Bonchev–Trinajstić information content (AvgIpc) is 2.92. The zero-order valence-electron chi connectivity index (χ0n) is 20.9. The van der Waals surface area contributed by atoms with Crippen molar-refractivity contribution >= 4 is 22.4 Å². The molecular formula is C30H37N3O2. The van der Waals surface area contributed by atoms with Crippen molar-refractivity contribution in [3.63, 3.8) is 0 Å². The molecule has 0 spiro atoms. The second-order valence-electron chi connectivity index (χ2n) is 10.0. The number of fused-ring (bicyclic) bond motifs is 1. The minimum Gasteiger partial charge on any atom is -0.494 e. The Labute approximate surface area is 209 Å². The van der Waals surface area contributed by atoms with Crippen molar-refractivity contribution in [2.24, 2.45) is 5.92 Å². The lowest BCUT2D eigenvalue weighted by Crippen LogP contribution is -2.48. The SMILES string of the molecule is CC1CCN(CCCOc2ccc(N3CCN(C(=O)c4cccc5ccccc45)CC3)cc2)CC1. The highest BCUT2D eigenvalue weighted by Crippen LogP contribution is 2.24. The van der Waals surface area contributed by atoms with Crippen LogP contribution in [0, 0.1) is 5.92 Å². The Bertz CT molecular complexity index is 1110. The van der Waals surface area contributed by atoms with Crippen molar-refractivity contribution in [2.45, 2.75) is 26.2 Å². The lowest BCUT2D eigenvalue weighted by Gasteiger charge is -2.36. The Balaban J connectivity index is 1.08. The summed E-state index contributed by atoms with van der Waals surface area (Å²) in [7, 11) is 0. The topological polar surface area (TPSA) is 36.0 Å². The van der Waals surface area contributed by atoms with Gasteiger partial charge in [-0.05, 0) is 79.4 Å². The van der Waals surface area contributed by atoms with Gasteiger partial charge in [-0.3, -0.25) is 4.79 Å². The number of carbonyl (C=O) groups excluding carboxylic acids is 1. The van der Waals surface area contributed by atoms with Crippen LogP contribution in [0.1, 0.15) is 36.5 Å². The summed E-state index contributed by atoms with van der Waals surface area (Å²) in [6.07, 6.45) is 3.73. The number of carbonyl (C=O) groups is 1. The lowest BCUT2D eigenvalue weighted by molar-refractivity contribution is 0.0749. The Morgan fingerprint density at radius 1 is 0.857 bits per heavy atom. The third-order valence-electron chi connectivity index (χ3n) is 7.55. The molecule has 3 aromatic rings. The highest BCUT2D eigenvalue weighted by molar-refractivity contribution is 6.07. The van der Waals surface area contributed by atoms with Gasteiger partial charge < -0.3 is 19.4 Å². The minimum absolute atomic E-state index is 0.129. The van der Waals surface area contributed by atoms with E-state index in [-0.39, 0.29) is 5.91 Å². The van der Waals surface area contributed by atoms with Crippen LogP contribution in [-0.4, -0.2) is 68.1 Å². The molecule has 5 nitrogen and oxygen atoms in total. The Hall–Kier alpha value is -3.05. The van der Waals surface area contributed by atoms with Gasteiger partial charge in [0.05, 0.1) is 6.61 Å². The van der Waals surface area contributed by atoms with E-state index in [1.807, 2.05) is 35.2 Å². The molecule has 2 heterocycles. The van der Waals surface area contributed by atoms with E-state index >= 15 is 0 Å². The molecule has 2 saturated heterocycles. The molecule has 5 heteroatoms. The van der Waals surface area contributed by atoms with E-state index in [2.05, 4.69) is 53.1 Å². The van der Waals surface area contributed by atoms with E-state index in [0.29, 0.717) is 0 Å². The molecule has 2 aliphatic rings. The van der Waals surface area contributed by atoms with Crippen molar-refractivity contribution in [3.8, 4) is 5.75 Å². The van der Waals surface area contributed by atoms with Gasteiger partial charge in [0.25, 0.3) is 5.91 Å². The molecule has 2 fully saturated rings. The molecule has 35 heavy (non-hydrogen) atoms. The van der Waals surface area contributed by atoms with Crippen molar-refractivity contribution in [3.05, 3.63) is 72.3 Å². The summed E-state index contributed by atoms with van der Waals surface area (Å²) in [4.78, 5) is 20.1. The number of ether oxygens (including phenoxy) is 1. The Morgan fingerprint density at radius 3 is 2.34 bits per heavy atom. The Morgan fingerprint density at radius 2 is 1.57 bits per heavy atom. The van der Waals surface area contributed by atoms with Crippen LogP contribution in [0.2, 0.25) is 0 Å². The first-order valence-corrected chi connectivity index (χ1v) is 13.1. The van der Waals surface area contributed by atoms with Gasteiger partial charge in [0.15, 0.2) is 0 Å². The third kappa shape index (κ3) is 5.79. The van der Waals surface area contributed by atoms with E-state index in [1.54, 1.807) is 0 Å². The summed E-state index contributed by atoms with van der Waals surface area (Å²) >= 11 is 0. The molecule has 0 bridgehead atoms. The van der Waals surface area contributed by atoms with Gasteiger partial charge in [0.2, 0.25) is 0 Å². The molecular weight excluding hydrogens is 434 g/mol. The first-order valence-electron chi connectivity index (χ1n) is 13.1. The number of hydrogen-bond donors (Lipinski definition) is 0. The van der Waals surface area contributed by atoms with Gasteiger partial charge in [0, 0.05) is 44.0 Å². The number of hydrogen-bond acceptors (Lipinski definition) is 4. The maximum atomic E-state index is 13.2. The minimum atomic E-state index is 0.129. The van der Waals surface area contributed by atoms with Gasteiger partial charge in [-0.2, -0.15) is 0 Å². The van der Waals surface area contributed by atoms with Gasteiger partial charge in [-0.15, -0.1) is 0 Å². The third-order valence-corrected chi connectivity index (χ3v) is 7.55. The summed E-state index contributed by atoms with van der Waals surface area (Å²) in [5, 5.41) is 2.14.